The fourth-order valence-corrected chi connectivity index (χ4v) is 2.24. The van der Waals surface area contributed by atoms with E-state index in [0.717, 1.165) is 27.0 Å². The third kappa shape index (κ3) is 1.27. The lowest BCUT2D eigenvalue weighted by Gasteiger charge is -1.99. The van der Waals surface area contributed by atoms with E-state index in [1.807, 2.05) is 18.2 Å². The third-order valence-corrected chi connectivity index (χ3v) is 3.10. The number of carboxylic acids is 1. The van der Waals surface area contributed by atoms with Gasteiger partial charge < -0.3 is 5.11 Å². The van der Waals surface area contributed by atoms with E-state index in [4.69, 9.17) is 5.11 Å². The van der Waals surface area contributed by atoms with Crippen LogP contribution < -0.4 is 0 Å². The zero-order chi connectivity index (χ0) is 11.3. The Morgan fingerprint density at radius 2 is 2.12 bits per heavy atom. The van der Waals surface area contributed by atoms with Gasteiger partial charge in [0.15, 0.2) is 0 Å². The minimum atomic E-state index is -0.916. The summed E-state index contributed by atoms with van der Waals surface area (Å²) in [6.45, 7) is 0. The number of rotatable bonds is 1. The molecule has 0 aromatic heterocycles. The molecular formula is C12H6BrNO2. The van der Waals surface area contributed by atoms with Gasteiger partial charge in [0, 0.05) is 15.6 Å². The number of hydrogen-bond acceptors (Lipinski definition) is 2. The van der Waals surface area contributed by atoms with Crippen LogP contribution >= 0.6 is 15.9 Å². The lowest BCUT2D eigenvalue weighted by Crippen LogP contribution is -1.95. The number of carboxylic acid groups (broad SMARTS) is 1. The van der Waals surface area contributed by atoms with Crippen molar-refractivity contribution in [3.05, 3.63) is 46.0 Å². The Morgan fingerprint density at radius 3 is 2.88 bits per heavy atom. The molecule has 1 aliphatic carbocycles. The number of benzene rings is 1. The van der Waals surface area contributed by atoms with Gasteiger partial charge in [-0.2, -0.15) is 0 Å². The summed E-state index contributed by atoms with van der Waals surface area (Å²) >= 11 is 3.39. The number of nitrogens with zero attached hydrogens (tertiary/aromatic N) is 1. The summed E-state index contributed by atoms with van der Waals surface area (Å²) in [4.78, 5) is 15.2. The monoisotopic (exact) mass is 275 g/mol. The van der Waals surface area contributed by atoms with E-state index in [2.05, 4.69) is 20.9 Å². The molecule has 0 atom stereocenters. The van der Waals surface area contributed by atoms with Crippen molar-refractivity contribution in [3.63, 3.8) is 0 Å². The fourth-order valence-electron chi connectivity index (χ4n) is 1.88. The number of aliphatic carboxylic acids is 1. The molecule has 1 aliphatic heterocycles. The van der Waals surface area contributed by atoms with Crippen molar-refractivity contribution in [3.8, 4) is 0 Å². The predicted octanol–water partition coefficient (Wildman–Crippen LogP) is 2.94. The van der Waals surface area contributed by atoms with Gasteiger partial charge in [-0.1, -0.05) is 15.9 Å². The zero-order valence-corrected chi connectivity index (χ0v) is 9.65. The number of allylic oxidation sites excluding steroid dienone is 2. The van der Waals surface area contributed by atoms with E-state index in [1.54, 1.807) is 12.2 Å². The van der Waals surface area contributed by atoms with Gasteiger partial charge in [0.05, 0.1) is 17.0 Å². The summed E-state index contributed by atoms with van der Waals surface area (Å²) in [6.07, 6.45) is 3.27. The van der Waals surface area contributed by atoms with Crippen LogP contribution in [0.5, 0.6) is 0 Å². The van der Waals surface area contributed by atoms with Gasteiger partial charge >= 0.3 is 5.97 Å². The molecular weight excluding hydrogens is 270 g/mol. The molecule has 4 heteroatoms. The maximum Gasteiger partial charge on any atom is 0.335 e. The zero-order valence-electron chi connectivity index (χ0n) is 8.07. The second kappa shape index (κ2) is 3.15. The van der Waals surface area contributed by atoms with Crippen LogP contribution in [-0.2, 0) is 4.79 Å². The number of aliphatic imine (C=N–C) groups is 1. The van der Waals surface area contributed by atoms with Gasteiger partial charge in [-0.05, 0) is 30.4 Å². The second-order valence-corrected chi connectivity index (χ2v) is 4.54. The van der Waals surface area contributed by atoms with Crippen LogP contribution in [0.25, 0.3) is 5.57 Å². The molecule has 1 aromatic carbocycles. The van der Waals surface area contributed by atoms with Crippen LogP contribution in [0, 0.1) is 0 Å². The van der Waals surface area contributed by atoms with E-state index >= 15 is 0 Å². The number of hydrogen-bond donors (Lipinski definition) is 1. The van der Waals surface area contributed by atoms with Gasteiger partial charge in [-0.15, -0.1) is 0 Å². The predicted molar refractivity (Wildman–Crippen MR) is 64.9 cm³/mol. The molecule has 1 aromatic rings. The van der Waals surface area contributed by atoms with Crippen LogP contribution in [0.4, 0.5) is 5.69 Å². The highest BCUT2D eigenvalue weighted by molar-refractivity contribution is 9.10. The minimum Gasteiger partial charge on any atom is -0.478 e. The van der Waals surface area contributed by atoms with E-state index < -0.39 is 5.97 Å². The Morgan fingerprint density at radius 1 is 1.31 bits per heavy atom. The van der Waals surface area contributed by atoms with Crippen molar-refractivity contribution in [1.29, 1.82) is 0 Å². The normalized spacial score (nSPS) is 16.2. The molecule has 0 amide bonds. The van der Waals surface area contributed by atoms with E-state index in [1.165, 1.54) is 0 Å². The Labute approximate surface area is 99.9 Å². The van der Waals surface area contributed by atoms with Gasteiger partial charge in [-0.25, -0.2) is 9.79 Å². The Balaban J connectivity index is 2.15. The molecule has 1 N–H and O–H groups in total. The highest BCUT2D eigenvalue weighted by Crippen LogP contribution is 2.40. The van der Waals surface area contributed by atoms with Gasteiger partial charge in [0.2, 0.25) is 0 Å². The maximum atomic E-state index is 10.8. The summed E-state index contributed by atoms with van der Waals surface area (Å²) < 4.78 is 0.965. The molecule has 3 nitrogen and oxygen atoms in total. The van der Waals surface area contributed by atoms with Crippen molar-refractivity contribution < 1.29 is 9.90 Å². The summed E-state index contributed by atoms with van der Waals surface area (Å²) in [6, 6.07) is 5.79. The highest BCUT2D eigenvalue weighted by atomic mass is 79.9. The molecule has 1 heterocycles. The Hall–Kier alpha value is -1.68. The first-order valence-electron chi connectivity index (χ1n) is 4.71. The van der Waals surface area contributed by atoms with Crippen LogP contribution in [0.1, 0.15) is 5.56 Å². The molecule has 0 unspecified atom stereocenters. The average molecular weight is 276 g/mol. The summed E-state index contributed by atoms with van der Waals surface area (Å²) in [7, 11) is 0. The molecule has 0 fully saturated rings. The minimum absolute atomic E-state index is 0.291. The van der Waals surface area contributed by atoms with Crippen LogP contribution in [-0.4, -0.2) is 16.8 Å². The topological polar surface area (TPSA) is 49.7 Å². The number of carbonyl (C=O) groups is 1. The van der Waals surface area contributed by atoms with Crippen LogP contribution in [0.15, 0.2) is 45.4 Å². The van der Waals surface area contributed by atoms with Crippen LogP contribution in [0.2, 0.25) is 0 Å². The average Bonchev–Trinajstić information content (AvgIpc) is 2.75. The van der Waals surface area contributed by atoms with E-state index in [-0.39, 0.29) is 0 Å². The summed E-state index contributed by atoms with van der Waals surface area (Å²) in [5.74, 6) is -0.916. The Bertz CT molecular complexity index is 611. The smallest absolute Gasteiger partial charge is 0.335 e. The standard InChI is InChI=1S/C12H6BrNO2/c13-7-1-2-10-9(5-7)8-3-6(12(15)16)4-11(8)14-10/h1-5H,(H,15,16). The second-order valence-electron chi connectivity index (χ2n) is 3.62. The van der Waals surface area contributed by atoms with Gasteiger partial charge in [0.1, 0.15) is 0 Å². The molecule has 0 saturated heterocycles. The van der Waals surface area contributed by atoms with E-state index in [0.29, 0.717) is 5.57 Å². The first kappa shape index (κ1) is 9.54. The molecule has 16 heavy (non-hydrogen) atoms. The molecule has 0 saturated carbocycles. The SMILES string of the molecule is O=C(O)C1=CC2=Nc3ccc(Br)cc3C2=C1. The van der Waals surface area contributed by atoms with Crippen molar-refractivity contribution in [1.82, 2.24) is 0 Å². The molecule has 3 rings (SSSR count). The summed E-state index contributed by atoms with van der Waals surface area (Å²) in [5, 5.41) is 8.89. The molecule has 78 valence electrons. The molecule has 0 spiro atoms. The summed E-state index contributed by atoms with van der Waals surface area (Å²) in [5.41, 5.74) is 3.81. The highest BCUT2D eigenvalue weighted by Gasteiger charge is 2.26. The van der Waals surface area contributed by atoms with Crippen molar-refractivity contribution in [2.24, 2.45) is 4.99 Å². The first-order valence-corrected chi connectivity index (χ1v) is 5.50. The fraction of sp³-hybridized carbons (Fsp3) is 0. The maximum absolute atomic E-state index is 10.8. The molecule has 0 radical (unpaired) electrons. The number of halogens is 1. The lowest BCUT2D eigenvalue weighted by molar-refractivity contribution is -0.132. The van der Waals surface area contributed by atoms with Crippen LogP contribution in [0.3, 0.4) is 0 Å². The first-order chi connectivity index (χ1) is 7.65. The van der Waals surface area contributed by atoms with E-state index in [9.17, 15) is 4.79 Å². The van der Waals surface area contributed by atoms with Crippen molar-refractivity contribution in [2.45, 2.75) is 0 Å². The van der Waals surface area contributed by atoms with Crippen molar-refractivity contribution in [2.75, 3.05) is 0 Å². The molecule has 0 bridgehead atoms. The largest absolute Gasteiger partial charge is 0.478 e. The number of fused-ring (bicyclic) bond motifs is 3. The quantitative estimate of drug-likeness (QED) is 0.857. The van der Waals surface area contributed by atoms with Crippen molar-refractivity contribution >= 4 is 38.9 Å². The Kier molecular flexibility index (Phi) is 1.88. The third-order valence-electron chi connectivity index (χ3n) is 2.60. The molecule has 2 aliphatic rings. The van der Waals surface area contributed by atoms with Gasteiger partial charge in [0.25, 0.3) is 0 Å². The van der Waals surface area contributed by atoms with Gasteiger partial charge in [-0.3, -0.25) is 0 Å². The lowest BCUT2D eigenvalue weighted by atomic mass is 10.1.